The van der Waals surface area contributed by atoms with E-state index >= 15 is 0 Å². The van der Waals surface area contributed by atoms with Crippen LogP contribution in [0.25, 0.3) is 0 Å². The highest BCUT2D eigenvalue weighted by molar-refractivity contribution is 5.79. The molecule has 6 nitrogen and oxygen atoms in total. The molecule has 96 valence electrons. The van der Waals surface area contributed by atoms with Crippen LogP contribution >= 0.6 is 0 Å². The number of amides is 2. The van der Waals surface area contributed by atoms with Crippen LogP contribution in [0, 0.1) is 5.41 Å². The van der Waals surface area contributed by atoms with Crippen LogP contribution in [0.4, 0.5) is 4.79 Å². The summed E-state index contributed by atoms with van der Waals surface area (Å²) < 4.78 is 0. The highest BCUT2D eigenvalue weighted by Gasteiger charge is 2.44. The lowest BCUT2D eigenvalue weighted by Crippen LogP contribution is -2.54. The summed E-state index contributed by atoms with van der Waals surface area (Å²) in [5.74, 6) is -0.788. The summed E-state index contributed by atoms with van der Waals surface area (Å²) in [6.07, 6.45) is 2.28. The summed E-state index contributed by atoms with van der Waals surface area (Å²) in [5.41, 5.74) is -0.705. The van der Waals surface area contributed by atoms with E-state index in [9.17, 15) is 9.59 Å². The number of hydrogen-bond donors (Lipinski definition) is 3. The molecule has 2 amide bonds. The number of urea groups is 1. The number of carboxylic acid groups (broad SMARTS) is 1. The van der Waals surface area contributed by atoms with Gasteiger partial charge in [-0.15, -0.1) is 0 Å². The molecule has 17 heavy (non-hydrogen) atoms. The Labute approximate surface area is 100 Å². The number of carbonyl (C=O) groups is 2. The molecule has 0 atom stereocenters. The lowest BCUT2D eigenvalue weighted by Gasteiger charge is -2.38. The molecule has 0 aromatic carbocycles. The molecule has 0 bridgehead atoms. The standard InChI is InChI=1S/C11H19N3O3/c15-9(16)11(2-1-3-11)8-13-10(17)14-6-4-12-5-7-14/h12H,1-8H2,(H,13,17)(H,15,16). The molecule has 0 spiro atoms. The lowest BCUT2D eigenvalue weighted by atomic mass is 9.69. The molecule has 0 aromatic heterocycles. The molecule has 1 aliphatic heterocycles. The van der Waals surface area contributed by atoms with Gasteiger partial charge in [0.05, 0.1) is 5.41 Å². The zero-order chi connectivity index (χ0) is 12.3. The zero-order valence-corrected chi connectivity index (χ0v) is 9.87. The van der Waals surface area contributed by atoms with Gasteiger partial charge in [0.2, 0.25) is 0 Å². The average Bonchev–Trinajstić information content (AvgIpc) is 2.28. The van der Waals surface area contributed by atoms with Gasteiger partial charge in [-0.25, -0.2) is 4.79 Å². The molecule has 2 aliphatic rings. The second-order valence-corrected chi connectivity index (χ2v) is 4.83. The van der Waals surface area contributed by atoms with Crippen molar-refractivity contribution in [3.05, 3.63) is 0 Å². The van der Waals surface area contributed by atoms with E-state index in [4.69, 9.17) is 5.11 Å². The molecular weight excluding hydrogens is 222 g/mol. The maximum Gasteiger partial charge on any atom is 0.317 e. The summed E-state index contributed by atoms with van der Waals surface area (Å²) in [5, 5.41) is 15.1. The summed E-state index contributed by atoms with van der Waals surface area (Å²) >= 11 is 0. The van der Waals surface area contributed by atoms with Gasteiger partial charge in [-0.1, -0.05) is 6.42 Å². The Hall–Kier alpha value is -1.30. The van der Waals surface area contributed by atoms with Gasteiger partial charge in [-0.3, -0.25) is 4.79 Å². The van der Waals surface area contributed by atoms with E-state index in [1.165, 1.54) is 0 Å². The summed E-state index contributed by atoms with van der Waals surface area (Å²) in [4.78, 5) is 24.6. The minimum atomic E-state index is -0.788. The van der Waals surface area contributed by atoms with Crippen LogP contribution < -0.4 is 10.6 Å². The smallest absolute Gasteiger partial charge is 0.317 e. The number of aliphatic carboxylic acids is 1. The number of carboxylic acids is 1. The topological polar surface area (TPSA) is 81.7 Å². The summed E-state index contributed by atoms with van der Waals surface area (Å²) in [6, 6.07) is -0.140. The van der Waals surface area contributed by atoms with Crippen LogP contribution in [-0.2, 0) is 4.79 Å². The second kappa shape index (κ2) is 4.91. The van der Waals surface area contributed by atoms with Gasteiger partial charge in [-0.05, 0) is 12.8 Å². The maximum atomic E-state index is 11.8. The van der Waals surface area contributed by atoms with E-state index in [1.54, 1.807) is 4.90 Å². The number of carbonyl (C=O) groups excluding carboxylic acids is 1. The Morgan fingerprint density at radius 2 is 1.94 bits per heavy atom. The van der Waals surface area contributed by atoms with E-state index < -0.39 is 11.4 Å². The fourth-order valence-electron chi connectivity index (χ4n) is 2.29. The van der Waals surface area contributed by atoms with E-state index in [1.807, 2.05) is 0 Å². The molecule has 6 heteroatoms. The Morgan fingerprint density at radius 3 is 2.41 bits per heavy atom. The minimum absolute atomic E-state index is 0.140. The largest absolute Gasteiger partial charge is 0.481 e. The molecule has 0 aromatic rings. The molecule has 2 fully saturated rings. The van der Waals surface area contributed by atoms with Gasteiger partial charge in [0.25, 0.3) is 0 Å². The van der Waals surface area contributed by atoms with Crippen molar-refractivity contribution in [1.29, 1.82) is 0 Å². The van der Waals surface area contributed by atoms with E-state index in [2.05, 4.69) is 10.6 Å². The third-order valence-electron chi connectivity index (χ3n) is 3.75. The van der Waals surface area contributed by atoms with Crippen LogP contribution in [0.3, 0.4) is 0 Å². The first-order valence-corrected chi connectivity index (χ1v) is 6.11. The third kappa shape index (κ3) is 2.52. The predicted molar refractivity (Wildman–Crippen MR) is 61.8 cm³/mol. The van der Waals surface area contributed by atoms with Gasteiger partial charge in [0.1, 0.15) is 0 Å². The summed E-state index contributed by atoms with van der Waals surface area (Å²) in [7, 11) is 0. The van der Waals surface area contributed by atoms with Crippen molar-refractivity contribution >= 4 is 12.0 Å². The predicted octanol–water partition coefficient (Wildman–Crippen LogP) is -0.144. The molecular formula is C11H19N3O3. The van der Waals surface area contributed by atoms with Crippen LogP contribution in [0.2, 0.25) is 0 Å². The first-order chi connectivity index (χ1) is 8.14. The van der Waals surface area contributed by atoms with E-state index in [0.29, 0.717) is 25.9 Å². The molecule has 1 saturated heterocycles. The van der Waals surface area contributed by atoms with Gasteiger partial charge in [0, 0.05) is 32.7 Å². The van der Waals surface area contributed by atoms with Crippen molar-refractivity contribution in [2.45, 2.75) is 19.3 Å². The maximum absolute atomic E-state index is 11.8. The van der Waals surface area contributed by atoms with Gasteiger partial charge >= 0.3 is 12.0 Å². The van der Waals surface area contributed by atoms with Crippen molar-refractivity contribution in [2.75, 3.05) is 32.7 Å². The first kappa shape index (κ1) is 12.2. The van der Waals surface area contributed by atoms with Crippen molar-refractivity contribution in [3.8, 4) is 0 Å². The average molecular weight is 241 g/mol. The van der Waals surface area contributed by atoms with E-state index in [0.717, 1.165) is 19.5 Å². The van der Waals surface area contributed by atoms with Crippen molar-refractivity contribution in [2.24, 2.45) is 5.41 Å². The molecule has 1 saturated carbocycles. The number of nitrogens with one attached hydrogen (secondary N) is 2. The summed E-state index contributed by atoms with van der Waals surface area (Å²) in [6.45, 7) is 3.23. The molecule has 2 rings (SSSR count). The van der Waals surface area contributed by atoms with Crippen LogP contribution in [-0.4, -0.2) is 54.7 Å². The van der Waals surface area contributed by atoms with Crippen LogP contribution in [0.15, 0.2) is 0 Å². The minimum Gasteiger partial charge on any atom is -0.481 e. The number of rotatable bonds is 3. The quantitative estimate of drug-likeness (QED) is 0.642. The second-order valence-electron chi connectivity index (χ2n) is 4.83. The number of piperazine rings is 1. The number of nitrogens with zero attached hydrogens (tertiary/aromatic N) is 1. The fourth-order valence-corrected chi connectivity index (χ4v) is 2.29. The lowest BCUT2D eigenvalue weighted by molar-refractivity contribution is -0.153. The molecule has 0 radical (unpaired) electrons. The first-order valence-electron chi connectivity index (χ1n) is 6.11. The highest BCUT2D eigenvalue weighted by Crippen LogP contribution is 2.40. The number of hydrogen-bond acceptors (Lipinski definition) is 3. The molecule has 1 aliphatic carbocycles. The highest BCUT2D eigenvalue weighted by atomic mass is 16.4. The molecule has 3 N–H and O–H groups in total. The zero-order valence-electron chi connectivity index (χ0n) is 9.87. The molecule has 0 unspecified atom stereocenters. The Kier molecular flexibility index (Phi) is 3.51. The van der Waals surface area contributed by atoms with Gasteiger partial charge in [0.15, 0.2) is 0 Å². The van der Waals surface area contributed by atoms with E-state index in [-0.39, 0.29) is 12.6 Å². The van der Waals surface area contributed by atoms with Crippen LogP contribution in [0.1, 0.15) is 19.3 Å². The Morgan fingerprint density at radius 1 is 1.29 bits per heavy atom. The molecule has 1 heterocycles. The van der Waals surface area contributed by atoms with Crippen molar-refractivity contribution < 1.29 is 14.7 Å². The SMILES string of the molecule is O=C(NCC1(C(=O)O)CCC1)N1CCNCC1. The normalized spacial score (nSPS) is 22.7. The van der Waals surface area contributed by atoms with Gasteiger partial charge < -0.3 is 20.6 Å². The Balaban J connectivity index is 1.80. The Bertz CT molecular complexity index is 309. The monoisotopic (exact) mass is 241 g/mol. The van der Waals surface area contributed by atoms with Crippen molar-refractivity contribution in [1.82, 2.24) is 15.5 Å². The third-order valence-corrected chi connectivity index (χ3v) is 3.75. The fraction of sp³-hybridized carbons (Fsp3) is 0.818. The van der Waals surface area contributed by atoms with Crippen LogP contribution in [0.5, 0.6) is 0 Å². The van der Waals surface area contributed by atoms with Gasteiger partial charge in [-0.2, -0.15) is 0 Å². The van der Waals surface area contributed by atoms with Crippen molar-refractivity contribution in [3.63, 3.8) is 0 Å².